The molecule has 1 saturated heterocycles. The van der Waals surface area contributed by atoms with E-state index in [9.17, 15) is 0 Å². The highest BCUT2D eigenvalue weighted by Crippen LogP contribution is 2.28. The van der Waals surface area contributed by atoms with Crippen LogP contribution in [0.1, 0.15) is 6.42 Å². The van der Waals surface area contributed by atoms with E-state index in [4.69, 9.17) is 0 Å². The van der Waals surface area contributed by atoms with E-state index in [0.29, 0.717) is 0 Å². The standard InChI is InChI=1S/C15H19N3/c1-16-10-12-7-9-18(11-12)15-14-5-3-2-4-13(14)6-8-17-15/h2-6,8,12,16H,7,9-11H2,1H3. The first-order valence-corrected chi connectivity index (χ1v) is 6.62. The maximum atomic E-state index is 4.59. The van der Waals surface area contributed by atoms with Crippen molar-refractivity contribution < 1.29 is 0 Å². The summed E-state index contributed by atoms with van der Waals surface area (Å²) in [6, 6.07) is 10.6. The lowest BCUT2D eigenvalue weighted by molar-refractivity contribution is 0.549. The summed E-state index contributed by atoms with van der Waals surface area (Å²) in [6.45, 7) is 3.33. The number of hydrogen-bond acceptors (Lipinski definition) is 3. The van der Waals surface area contributed by atoms with Crippen LogP contribution in [0.25, 0.3) is 10.8 Å². The number of fused-ring (bicyclic) bond motifs is 1. The molecule has 1 aliphatic rings. The number of pyridine rings is 1. The first kappa shape index (κ1) is 11.5. The molecule has 0 aliphatic carbocycles. The van der Waals surface area contributed by atoms with Crippen molar-refractivity contribution >= 4 is 16.6 Å². The van der Waals surface area contributed by atoms with E-state index in [-0.39, 0.29) is 0 Å². The molecule has 3 nitrogen and oxygen atoms in total. The number of nitrogens with zero attached hydrogens (tertiary/aromatic N) is 2. The minimum atomic E-state index is 0.746. The molecule has 2 aromatic rings. The van der Waals surface area contributed by atoms with Gasteiger partial charge in [0.15, 0.2) is 0 Å². The predicted molar refractivity (Wildman–Crippen MR) is 76.0 cm³/mol. The molecule has 1 unspecified atom stereocenters. The fourth-order valence-corrected chi connectivity index (χ4v) is 2.84. The Labute approximate surface area is 108 Å². The zero-order valence-electron chi connectivity index (χ0n) is 10.8. The topological polar surface area (TPSA) is 28.2 Å². The summed E-state index contributed by atoms with van der Waals surface area (Å²) in [4.78, 5) is 7.01. The number of nitrogens with one attached hydrogen (secondary N) is 1. The van der Waals surface area contributed by atoms with Crippen molar-refractivity contribution in [3.63, 3.8) is 0 Å². The molecule has 0 spiro atoms. The van der Waals surface area contributed by atoms with Crippen LogP contribution in [0.3, 0.4) is 0 Å². The van der Waals surface area contributed by atoms with Gasteiger partial charge in [0.2, 0.25) is 0 Å². The van der Waals surface area contributed by atoms with Gasteiger partial charge in [-0.15, -0.1) is 0 Å². The summed E-state index contributed by atoms with van der Waals surface area (Å²) >= 11 is 0. The van der Waals surface area contributed by atoms with Gasteiger partial charge in [-0.1, -0.05) is 24.3 Å². The third-order valence-corrected chi connectivity index (χ3v) is 3.73. The molecule has 0 bridgehead atoms. The Hall–Kier alpha value is -1.61. The van der Waals surface area contributed by atoms with Gasteiger partial charge in [0.1, 0.15) is 5.82 Å². The normalized spacial score (nSPS) is 19.6. The molecule has 0 saturated carbocycles. The summed E-state index contributed by atoms with van der Waals surface area (Å²) < 4.78 is 0. The lowest BCUT2D eigenvalue weighted by atomic mass is 10.1. The van der Waals surface area contributed by atoms with E-state index in [1.807, 2.05) is 13.2 Å². The molecule has 3 heteroatoms. The fourth-order valence-electron chi connectivity index (χ4n) is 2.84. The Balaban J connectivity index is 1.91. The van der Waals surface area contributed by atoms with Gasteiger partial charge in [-0.05, 0) is 37.4 Å². The number of anilines is 1. The quantitative estimate of drug-likeness (QED) is 0.893. The average molecular weight is 241 g/mol. The number of aromatic nitrogens is 1. The van der Waals surface area contributed by atoms with Crippen LogP contribution in [-0.4, -0.2) is 31.7 Å². The van der Waals surface area contributed by atoms with Crippen molar-refractivity contribution in [1.82, 2.24) is 10.3 Å². The van der Waals surface area contributed by atoms with Crippen LogP contribution < -0.4 is 10.2 Å². The summed E-state index contributed by atoms with van der Waals surface area (Å²) in [5.41, 5.74) is 0. The fraction of sp³-hybridized carbons (Fsp3) is 0.400. The highest BCUT2D eigenvalue weighted by atomic mass is 15.2. The van der Waals surface area contributed by atoms with E-state index >= 15 is 0 Å². The van der Waals surface area contributed by atoms with E-state index < -0.39 is 0 Å². The van der Waals surface area contributed by atoms with Crippen LogP contribution in [0.2, 0.25) is 0 Å². The van der Waals surface area contributed by atoms with E-state index in [2.05, 4.69) is 45.5 Å². The van der Waals surface area contributed by atoms with Gasteiger partial charge in [-0.25, -0.2) is 4.98 Å². The molecule has 1 N–H and O–H groups in total. The van der Waals surface area contributed by atoms with Crippen molar-refractivity contribution in [2.75, 3.05) is 31.6 Å². The van der Waals surface area contributed by atoms with Crippen LogP contribution >= 0.6 is 0 Å². The second-order valence-electron chi connectivity index (χ2n) is 5.01. The van der Waals surface area contributed by atoms with Gasteiger partial charge in [-0.2, -0.15) is 0 Å². The maximum Gasteiger partial charge on any atom is 0.136 e. The lowest BCUT2D eigenvalue weighted by Gasteiger charge is -2.19. The molecule has 1 fully saturated rings. The zero-order valence-corrected chi connectivity index (χ0v) is 10.8. The number of rotatable bonds is 3. The minimum absolute atomic E-state index is 0.746. The largest absolute Gasteiger partial charge is 0.356 e. The number of benzene rings is 1. The van der Waals surface area contributed by atoms with Crippen LogP contribution in [-0.2, 0) is 0 Å². The summed E-state index contributed by atoms with van der Waals surface area (Å²) in [7, 11) is 2.03. The molecular weight excluding hydrogens is 222 g/mol. The third kappa shape index (κ3) is 2.06. The molecule has 2 heterocycles. The molecule has 0 radical (unpaired) electrons. The van der Waals surface area contributed by atoms with Crippen molar-refractivity contribution in [3.8, 4) is 0 Å². The summed E-state index contributed by atoms with van der Waals surface area (Å²) in [5, 5.41) is 5.82. The molecule has 1 aromatic heterocycles. The molecular formula is C15H19N3. The second-order valence-corrected chi connectivity index (χ2v) is 5.01. The Morgan fingerprint density at radius 1 is 1.33 bits per heavy atom. The lowest BCUT2D eigenvalue weighted by Crippen LogP contribution is -2.25. The van der Waals surface area contributed by atoms with E-state index in [1.54, 1.807) is 0 Å². The Morgan fingerprint density at radius 3 is 3.11 bits per heavy atom. The summed E-state index contributed by atoms with van der Waals surface area (Å²) in [5.74, 6) is 1.89. The molecule has 18 heavy (non-hydrogen) atoms. The monoisotopic (exact) mass is 241 g/mol. The molecule has 1 atom stereocenters. The van der Waals surface area contributed by atoms with Gasteiger partial charge >= 0.3 is 0 Å². The molecule has 0 amide bonds. The SMILES string of the molecule is CNCC1CCN(c2nccc3ccccc23)C1. The predicted octanol–water partition coefficient (Wildman–Crippen LogP) is 2.28. The highest BCUT2D eigenvalue weighted by molar-refractivity contribution is 5.92. The molecule has 1 aliphatic heterocycles. The zero-order chi connectivity index (χ0) is 12.4. The van der Waals surface area contributed by atoms with Gasteiger partial charge in [0.05, 0.1) is 0 Å². The summed E-state index contributed by atoms with van der Waals surface area (Å²) in [6.07, 6.45) is 3.18. The van der Waals surface area contributed by atoms with Crippen molar-refractivity contribution in [1.29, 1.82) is 0 Å². The van der Waals surface area contributed by atoms with Crippen molar-refractivity contribution in [2.24, 2.45) is 5.92 Å². The van der Waals surface area contributed by atoms with Crippen LogP contribution in [0.15, 0.2) is 36.5 Å². The smallest absolute Gasteiger partial charge is 0.136 e. The molecule has 1 aromatic carbocycles. The van der Waals surface area contributed by atoms with Gasteiger partial charge in [0, 0.05) is 24.7 Å². The Kier molecular flexibility index (Phi) is 3.15. The Morgan fingerprint density at radius 2 is 2.22 bits per heavy atom. The van der Waals surface area contributed by atoms with Crippen LogP contribution in [0.4, 0.5) is 5.82 Å². The van der Waals surface area contributed by atoms with E-state index in [0.717, 1.165) is 31.4 Å². The van der Waals surface area contributed by atoms with E-state index in [1.165, 1.54) is 17.2 Å². The molecule has 3 rings (SSSR count). The molecule has 94 valence electrons. The van der Waals surface area contributed by atoms with Gasteiger partial charge < -0.3 is 10.2 Å². The third-order valence-electron chi connectivity index (χ3n) is 3.73. The second kappa shape index (κ2) is 4.94. The maximum absolute atomic E-state index is 4.59. The van der Waals surface area contributed by atoms with Crippen molar-refractivity contribution in [2.45, 2.75) is 6.42 Å². The Bertz CT molecular complexity index is 533. The average Bonchev–Trinajstić information content (AvgIpc) is 2.87. The number of hydrogen-bond donors (Lipinski definition) is 1. The van der Waals surface area contributed by atoms with Gasteiger partial charge in [-0.3, -0.25) is 0 Å². The highest BCUT2D eigenvalue weighted by Gasteiger charge is 2.23. The first-order valence-electron chi connectivity index (χ1n) is 6.62. The van der Waals surface area contributed by atoms with Crippen LogP contribution in [0.5, 0.6) is 0 Å². The van der Waals surface area contributed by atoms with Gasteiger partial charge in [0.25, 0.3) is 0 Å². The van der Waals surface area contributed by atoms with Crippen molar-refractivity contribution in [3.05, 3.63) is 36.5 Å². The van der Waals surface area contributed by atoms with Crippen LogP contribution in [0, 0.1) is 5.92 Å². The minimum Gasteiger partial charge on any atom is -0.356 e. The first-order chi connectivity index (χ1) is 8.88.